The average molecular weight is 284 g/mol. The van der Waals surface area contributed by atoms with Crippen molar-refractivity contribution in [3.05, 3.63) is 53.7 Å². The molecule has 0 aliphatic carbocycles. The van der Waals surface area contributed by atoms with Crippen LogP contribution >= 0.6 is 0 Å². The number of aromatic nitrogens is 2. The number of benzene rings is 2. The van der Waals surface area contributed by atoms with E-state index >= 15 is 0 Å². The Morgan fingerprint density at radius 2 is 2.10 bits per heavy atom. The highest BCUT2D eigenvalue weighted by Crippen LogP contribution is 2.29. The molecule has 0 atom stereocenters. The van der Waals surface area contributed by atoms with Crippen molar-refractivity contribution in [2.75, 3.05) is 0 Å². The highest BCUT2D eigenvalue weighted by atomic mass is 16.6. The van der Waals surface area contributed by atoms with Crippen molar-refractivity contribution in [3.8, 4) is 5.75 Å². The van der Waals surface area contributed by atoms with Crippen LogP contribution in [0.5, 0.6) is 5.75 Å². The van der Waals surface area contributed by atoms with E-state index in [0.717, 1.165) is 5.39 Å². The molecule has 1 aromatic heterocycles. The van der Waals surface area contributed by atoms with E-state index in [4.69, 9.17) is 9.26 Å². The van der Waals surface area contributed by atoms with Gasteiger partial charge in [-0.25, -0.2) is 4.79 Å². The number of carbonyl (C=O) groups is 1. The molecule has 0 amide bonds. The van der Waals surface area contributed by atoms with Crippen LogP contribution in [0.4, 0.5) is 0 Å². The molecule has 3 aromatic rings. The highest BCUT2D eigenvalue weighted by molar-refractivity contribution is 6.01. The molecule has 0 spiro atoms. The average Bonchev–Trinajstić information content (AvgIpc) is 2.91. The number of esters is 1. The Bertz CT molecular complexity index is 810. The highest BCUT2D eigenvalue weighted by Gasteiger charge is 2.16. The smallest absolute Gasteiger partial charge is 0.342 e. The minimum Gasteiger partial charge on any atom is -0.506 e. The van der Waals surface area contributed by atoms with Crippen molar-refractivity contribution in [2.45, 2.75) is 13.5 Å². The van der Waals surface area contributed by atoms with Crippen molar-refractivity contribution in [2.24, 2.45) is 0 Å². The zero-order valence-electron chi connectivity index (χ0n) is 11.2. The first-order valence-corrected chi connectivity index (χ1v) is 6.32. The Morgan fingerprint density at radius 3 is 2.86 bits per heavy atom. The molecule has 6 nitrogen and oxygen atoms in total. The number of phenolic OH excluding ortho intramolecular Hbond substituents is 1. The second kappa shape index (κ2) is 5.24. The van der Waals surface area contributed by atoms with Crippen LogP contribution in [0.25, 0.3) is 10.8 Å². The molecule has 0 aliphatic heterocycles. The van der Waals surface area contributed by atoms with E-state index in [2.05, 4.69) is 10.1 Å². The quantitative estimate of drug-likeness (QED) is 0.744. The van der Waals surface area contributed by atoms with Crippen molar-refractivity contribution in [3.63, 3.8) is 0 Å². The van der Waals surface area contributed by atoms with Crippen molar-refractivity contribution >= 4 is 16.7 Å². The molecule has 1 N–H and O–H groups in total. The number of phenols is 1. The number of fused-ring (bicyclic) bond motifs is 1. The second-order valence-corrected chi connectivity index (χ2v) is 4.49. The van der Waals surface area contributed by atoms with Crippen LogP contribution in [-0.2, 0) is 11.3 Å². The van der Waals surface area contributed by atoms with Crippen LogP contribution in [0.2, 0.25) is 0 Å². The predicted molar refractivity (Wildman–Crippen MR) is 73.8 cm³/mol. The number of aromatic hydroxyl groups is 1. The number of ether oxygens (including phenoxy) is 1. The van der Waals surface area contributed by atoms with Gasteiger partial charge in [-0.05, 0) is 18.4 Å². The predicted octanol–water partition coefficient (Wildman–Crippen LogP) is 2.59. The zero-order chi connectivity index (χ0) is 14.8. The van der Waals surface area contributed by atoms with E-state index in [1.165, 1.54) is 6.07 Å². The molecule has 1 heterocycles. The Morgan fingerprint density at radius 1 is 1.29 bits per heavy atom. The van der Waals surface area contributed by atoms with Crippen LogP contribution < -0.4 is 0 Å². The van der Waals surface area contributed by atoms with Gasteiger partial charge < -0.3 is 14.4 Å². The molecular weight excluding hydrogens is 272 g/mol. The van der Waals surface area contributed by atoms with Crippen LogP contribution in [0.1, 0.15) is 22.1 Å². The zero-order valence-corrected chi connectivity index (χ0v) is 11.2. The number of hydrogen-bond acceptors (Lipinski definition) is 6. The molecular formula is C15H12N2O4. The summed E-state index contributed by atoms with van der Waals surface area (Å²) in [6, 6.07) is 10.5. The van der Waals surface area contributed by atoms with Crippen molar-refractivity contribution in [1.29, 1.82) is 0 Å². The minimum absolute atomic E-state index is 0.0974. The van der Waals surface area contributed by atoms with E-state index < -0.39 is 5.97 Å². The lowest BCUT2D eigenvalue weighted by atomic mass is 10.1. The summed E-state index contributed by atoms with van der Waals surface area (Å²) in [6.45, 7) is 1.54. The summed E-state index contributed by atoms with van der Waals surface area (Å²) in [5.74, 6) is -0.0651. The van der Waals surface area contributed by atoms with Gasteiger partial charge in [0.15, 0.2) is 12.4 Å². The lowest BCUT2D eigenvalue weighted by Crippen LogP contribution is -2.06. The van der Waals surface area contributed by atoms with Crippen LogP contribution in [0.3, 0.4) is 0 Å². The van der Waals surface area contributed by atoms with Crippen LogP contribution in [0.15, 0.2) is 40.9 Å². The fourth-order valence-electron chi connectivity index (χ4n) is 2.02. The SMILES string of the molecule is Cc1noc(COC(=O)c2ccc3ccccc3c2O)n1. The molecule has 6 heteroatoms. The Hall–Kier alpha value is -2.89. The summed E-state index contributed by atoms with van der Waals surface area (Å²) in [5, 5.41) is 15.2. The minimum atomic E-state index is -0.644. The second-order valence-electron chi connectivity index (χ2n) is 4.49. The fourth-order valence-corrected chi connectivity index (χ4v) is 2.02. The van der Waals surface area contributed by atoms with Gasteiger partial charge in [0.1, 0.15) is 11.3 Å². The first-order chi connectivity index (χ1) is 10.1. The Kier molecular flexibility index (Phi) is 3.27. The number of aryl methyl sites for hydroxylation is 1. The third-order valence-corrected chi connectivity index (χ3v) is 3.02. The van der Waals surface area contributed by atoms with E-state index in [0.29, 0.717) is 11.2 Å². The first kappa shape index (κ1) is 13.1. The number of carbonyl (C=O) groups excluding carboxylic acids is 1. The molecule has 0 saturated carbocycles. The number of hydrogen-bond donors (Lipinski definition) is 1. The van der Waals surface area contributed by atoms with Crippen molar-refractivity contribution < 1.29 is 19.2 Å². The summed E-state index contributed by atoms with van der Waals surface area (Å²) in [5.41, 5.74) is 0.102. The van der Waals surface area contributed by atoms with Crippen LogP contribution in [-0.4, -0.2) is 21.2 Å². The Labute approximate surface area is 120 Å². The third-order valence-electron chi connectivity index (χ3n) is 3.02. The van der Waals surface area contributed by atoms with E-state index in [-0.39, 0.29) is 23.8 Å². The van der Waals surface area contributed by atoms with Crippen molar-refractivity contribution in [1.82, 2.24) is 10.1 Å². The van der Waals surface area contributed by atoms with E-state index in [1.807, 2.05) is 12.1 Å². The van der Waals surface area contributed by atoms with Gasteiger partial charge in [0.25, 0.3) is 5.89 Å². The van der Waals surface area contributed by atoms with Gasteiger partial charge in [-0.3, -0.25) is 0 Å². The fraction of sp³-hybridized carbons (Fsp3) is 0.133. The molecule has 0 radical (unpaired) electrons. The summed E-state index contributed by atoms with van der Waals surface area (Å²) >= 11 is 0. The largest absolute Gasteiger partial charge is 0.506 e. The van der Waals surface area contributed by atoms with Gasteiger partial charge in [0, 0.05) is 5.39 Å². The van der Waals surface area contributed by atoms with E-state index in [9.17, 15) is 9.90 Å². The molecule has 0 saturated heterocycles. The maximum absolute atomic E-state index is 12.0. The molecule has 21 heavy (non-hydrogen) atoms. The molecule has 0 bridgehead atoms. The van der Waals surface area contributed by atoms with Gasteiger partial charge in [-0.15, -0.1) is 0 Å². The lowest BCUT2D eigenvalue weighted by Gasteiger charge is -2.07. The standard InChI is InChI=1S/C15H12N2O4/c1-9-16-13(21-17-9)8-20-15(19)12-7-6-10-4-2-3-5-11(10)14(12)18/h2-7,18H,8H2,1H3. The maximum atomic E-state index is 12.0. The molecule has 0 aliphatic rings. The third kappa shape index (κ3) is 2.55. The van der Waals surface area contributed by atoms with E-state index in [1.54, 1.807) is 25.1 Å². The summed E-state index contributed by atoms with van der Waals surface area (Å²) in [6.07, 6.45) is 0. The monoisotopic (exact) mass is 284 g/mol. The lowest BCUT2D eigenvalue weighted by molar-refractivity contribution is 0.0427. The summed E-state index contributed by atoms with van der Waals surface area (Å²) in [4.78, 5) is 15.9. The van der Waals surface area contributed by atoms with Gasteiger partial charge in [-0.1, -0.05) is 35.5 Å². The topological polar surface area (TPSA) is 85.5 Å². The van der Waals surface area contributed by atoms with Gasteiger partial charge in [-0.2, -0.15) is 4.98 Å². The number of nitrogens with zero attached hydrogens (tertiary/aromatic N) is 2. The normalized spacial score (nSPS) is 10.7. The van der Waals surface area contributed by atoms with Crippen LogP contribution in [0, 0.1) is 6.92 Å². The summed E-state index contributed by atoms with van der Waals surface area (Å²) < 4.78 is 9.91. The van der Waals surface area contributed by atoms with Gasteiger partial charge in [0.2, 0.25) is 0 Å². The molecule has 0 fully saturated rings. The molecule has 0 unspecified atom stereocenters. The summed E-state index contributed by atoms with van der Waals surface area (Å²) in [7, 11) is 0. The van der Waals surface area contributed by atoms with Gasteiger partial charge >= 0.3 is 5.97 Å². The molecule has 106 valence electrons. The van der Waals surface area contributed by atoms with Gasteiger partial charge in [0.05, 0.1) is 0 Å². The Balaban J connectivity index is 1.82. The first-order valence-electron chi connectivity index (χ1n) is 6.32. The molecule has 2 aromatic carbocycles. The maximum Gasteiger partial charge on any atom is 0.342 e. The molecule has 3 rings (SSSR count). The number of rotatable bonds is 3.